The number of fused-ring (bicyclic) bond motifs is 1. The summed E-state index contributed by atoms with van der Waals surface area (Å²) in [6, 6.07) is 9.53. The van der Waals surface area contributed by atoms with E-state index < -0.39 is 0 Å². The lowest BCUT2D eigenvalue weighted by molar-refractivity contribution is 0.273. The average Bonchev–Trinajstić information content (AvgIpc) is 2.47. The monoisotopic (exact) mass is 275 g/mol. The Morgan fingerprint density at radius 2 is 1.85 bits per heavy atom. The largest absolute Gasteiger partial charge is 0.368 e. The maximum absolute atomic E-state index is 2.57. The number of nitrogens with zero attached hydrogens (tertiary/aromatic N) is 3. The number of anilines is 1. The van der Waals surface area contributed by atoms with Crippen molar-refractivity contribution in [2.24, 2.45) is 0 Å². The van der Waals surface area contributed by atoms with Crippen LogP contribution in [0.15, 0.2) is 24.3 Å². The second-order valence-electron chi connectivity index (χ2n) is 5.92. The van der Waals surface area contributed by atoms with Crippen LogP contribution in [0.4, 0.5) is 5.69 Å². The van der Waals surface area contributed by atoms with Crippen LogP contribution < -0.4 is 4.90 Å². The Kier molecular flexibility index (Phi) is 5.44. The van der Waals surface area contributed by atoms with Gasteiger partial charge in [-0.2, -0.15) is 0 Å². The van der Waals surface area contributed by atoms with E-state index in [1.165, 1.54) is 17.7 Å². The van der Waals surface area contributed by atoms with Gasteiger partial charge in [0.2, 0.25) is 0 Å². The lowest BCUT2D eigenvalue weighted by Crippen LogP contribution is -2.47. The van der Waals surface area contributed by atoms with Gasteiger partial charge in [-0.25, -0.2) is 0 Å². The van der Waals surface area contributed by atoms with Gasteiger partial charge in [-0.15, -0.1) is 0 Å². The highest BCUT2D eigenvalue weighted by atomic mass is 15.2. The Hall–Kier alpha value is -1.06. The highest BCUT2D eigenvalue weighted by molar-refractivity contribution is 5.56. The van der Waals surface area contributed by atoms with Gasteiger partial charge in [0.05, 0.1) is 0 Å². The SMILES string of the molecule is CCN(CC)CCN1CC(N(C)C)Cc2ccccc21. The fourth-order valence-electron chi connectivity index (χ4n) is 3.02. The Morgan fingerprint density at radius 1 is 1.15 bits per heavy atom. The van der Waals surface area contributed by atoms with Crippen molar-refractivity contribution in [1.82, 2.24) is 9.80 Å². The van der Waals surface area contributed by atoms with Crippen molar-refractivity contribution in [3.63, 3.8) is 0 Å². The molecule has 20 heavy (non-hydrogen) atoms. The lowest BCUT2D eigenvalue weighted by Gasteiger charge is -2.39. The summed E-state index contributed by atoms with van der Waals surface area (Å²) in [5.41, 5.74) is 2.94. The van der Waals surface area contributed by atoms with E-state index >= 15 is 0 Å². The number of para-hydroxylation sites is 1. The number of likely N-dealkylation sites (N-methyl/N-ethyl adjacent to an activating group) is 2. The minimum Gasteiger partial charge on any atom is -0.368 e. The molecule has 1 aliphatic rings. The van der Waals surface area contributed by atoms with Gasteiger partial charge < -0.3 is 14.7 Å². The van der Waals surface area contributed by atoms with Crippen LogP contribution in [0.5, 0.6) is 0 Å². The molecule has 0 N–H and O–H groups in total. The van der Waals surface area contributed by atoms with Crippen LogP contribution in [0.25, 0.3) is 0 Å². The summed E-state index contributed by atoms with van der Waals surface area (Å²) in [6.45, 7) is 10.2. The fourth-order valence-corrected chi connectivity index (χ4v) is 3.02. The Bertz CT molecular complexity index is 412. The predicted molar refractivity (Wildman–Crippen MR) is 87.6 cm³/mol. The van der Waals surface area contributed by atoms with Crippen molar-refractivity contribution >= 4 is 5.69 Å². The van der Waals surface area contributed by atoms with Gasteiger partial charge >= 0.3 is 0 Å². The van der Waals surface area contributed by atoms with E-state index in [1.807, 2.05) is 0 Å². The van der Waals surface area contributed by atoms with E-state index in [4.69, 9.17) is 0 Å². The molecule has 3 nitrogen and oxygen atoms in total. The summed E-state index contributed by atoms with van der Waals surface area (Å²) in [4.78, 5) is 7.43. The lowest BCUT2D eigenvalue weighted by atomic mass is 9.97. The zero-order valence-electron chi connectivity index (χ0n) is 13.5. The molecule has 0 spiro atoms. The quantitative estimate of drug-likeness (QED) is 0.789. The summed E-state index contributed by atoms with van der Waals surface area (Å²) < 4.78 is 0. The molecular formula is C17H29N3. The van der Waals surface area contributed by atoms with Gasteiger partial charge in [-0.1, -0.05) is 32.0 Å². The van der Waals surface area contributed by atoms with Gasteiger partial charge in [0.1, 0.15) is 0 Å². The molecule has 0 amide bonds. The Balaban J connectivity index is 2.10. The van der Waals surface area contributed by atoms with Gasteiger partial charge in [0.25, 0.3) is 0 Å². The third-order valence-electron chi connectivity index (χ3n) is 4.53. The second kappa shape index (κ2) is 7.09. The van der Waals surface area contributed by atoms with Crippen molar-refractivity contribution in [3.8, 4) is 0 Å². The van der Waals surface area contributed by atoms with Crippen LogP contribution in [-0.4, -0.2) is 62.7 Å². The molecule has 1 unspecified atom stereocenters. The molecule has 1 heterocycles. The first-order chi connectivity index (χ1) is 9.65. The molecule has 3 heteroatoms. The zero-order chi connectivity index (χ0) is 14.5. The number of benzene rings is 1. The van der Waals surface area contributed by atoms with Crippen molar-refractivity contribution in [3.05, 3.63) is 29.8 Å². The first-order valence-corrected chi connectivity index (χ1v) is 7.87. The molecule has 0 fully saturated rings. The maximum Gasteiger partial charge on any atom is 0.0400 e. The minimum atomic E-state index is 0.626. The van der Waals surface area contributed by atoms with E-state index in [2.05, 4.69) is 66.9 Å². The average molecular weight is 275 g/mol. The molecule has 1 atom stereocenters. The van der Waals surface area contributed by atoms with Gasteiger partial charge in [-0.3, -0.25) is 0 Å². The van der Waals surface area contributed by atoms with Crippen molar-refractivity contribution in [2.75, 3.05) is 51.7 Å². The van der Waals surface area contributed by atoms with Crippen molar-refractivity contribution in [2.45, 2.75) is 26.3 Å². The van der Waals surface area contributed by atoms with E-state index in [9.17, 15) is 0 Å². The summed E-state index contributed by atoms with van der Waals surface area (Å²) >= 11 is 0. The standard InChI is InChI=1S/C17H29N3/c1-5-19(6-2)11-12-20-14-16(18(3)4)13-15-9-7-8-10-17(15)20/h7-10,16H,5-6,11-14H2,1-4H3. The molecule has 1 aromatic carbocycles. The van der Waals surface area contributed by atoms with E-state index in [0.29, 0.717) is 6.04 Å². The highest BCUT2D eigenvalue weighted by Gasteiger charge is 2.25. The molecule has 0 aliphatic carbocycles. The summed E-state index contributed by atoms with van der Waals surface area (Å²) in [5, 5.41) is 0. The Morgan fingerprint density at radius 3 is 2.50 bits per heavy atom. The smallest absolute Gasteiger partial charge is 0.0400 e. The highest BCUT2D eigenvalue weighted by Crippen LogP contribution is 2.27. The molecule has 2 rings (SSSR count). The minimum absolute atomic E-state index is 0.626. The molecule has 1 aliphatic heterocycles. The molecular weight excluding hydrogens is 246 g/mol. The van der Waals surface area contributed by atoms with Gasteiger partial charge in [0.15, 0.2) is 0 Å². The summed E-state index contributed by atoms with van der Waals surface area (Å²) in [7, 11) is 4.39. The topological polar surface area (TPSA) is 9.72 Å². The van der Waals surface area contributed by atoms with Crippen LogP contribution in [0, 0.1) is 0 Å². The number of hydrogen-bond donors (Lipinski definition) is 0. The van der Waals surface area contributed by atoms with E-state index in [-0.39, 0.29) is 0 Å². The third-order valence-corrected chi connectivity index (χ3v) is 4.53. The zero-order valence-corrected chi connectivity index (χ0v) is 13.5. The maximum atomic E-state index is 2.57. The van der Waals surface area contributed by atoms with Gasteiger partial charge in [0, 0.05) is 31.4 Å². The number of rotatable bonds is 6. The molecule has 1 aromatic rings. The second-order valence-corrected chi connectivity index (χ2v) is 5.92. The van der Waals surface area contributed by atoms with Crippen LogP contribution in [0.3, 0.4) is 0 Å². The third kappa shape index (κ3) is 3.53. The normalized spacial score (nSPS) is 18.7. The van der Waals surface area contributed by atoms with E-state index in [1.54, 1.807) is 0 Å². The van der Waals surface area contributed by atoms with Crippen LogP contribution >= 0.6 is 0 Å². The fraction of sp³-hybridized carbons (Fsp3) is 0.647. The molecule has 0 saturated heterocycles. The first kappa shape index (κ1) is 15.3. The molecule has 0 bridgehead atoms. The predicted octanol–water partition coefficient (Wildman–Crippen LogP) is 2.32. The van der Waals surface area contributed by atoms with E-state index in [0.717, 1.165) is 32.7 Å². The molecule has 0 saturated carbocycles. The Labute approximate surface area is 124 Å². The molecule has 0 radical (unpaired) electrons. The van der Waals surface area contributed by atoms with Crippen molar-refractivity contribution in [1.29, 1.82) is 0 Å². The van der Waals surface area contributed by atoms with Crippen molar-refractivity contribution < 1.29 is 0 Å². The van der Waals surface area contributed by atoms with Gasteiger partial charge in [-0.05, 0) is 45.2 Å². The van der Waals surface area contributed by atoms with Crippen LogP contribution in [0.1, 0.15) is 19.4 Å². The summed E-state index contributed by atoms with van der Waals surface area (Å²) in [5.74, 6) is 0. The van der Waals surface area contributed by atoms with Crippen LogP contribution in [0.2, 0.25) is 0 Å². The number of hydrogen-bond acceptors (Lipinski definition) is 3. The first-order valence-electron chi connectivity index (χ1n) is 7.87. The molecule has 112 valence electrons. The summed E-state index contributed by atoms with van der Waals surface area (Å²) in [6.07, 6.45) is 1.17. The molecule has 0 aromatic heterocycles. The van der Waals surface area contributed by atoms with Crippen LogP contribution in [-0.2, 0) is 6.42 Å².